The smallest absolute Gasteiger partial charge is 0.416 e. The van der Waals surface area contributed by atoms with E-state index in [1.165, 1.54) is 30.0 Å². The lowest BCUT2D eigenvalue weighted by Gasteiger charge is -2.07. The summed E-state index contributed by atoms with van der Waals surface area (Å²) >= 11 is 1.12. The highest BCUT2D eigenvalue weighted by molar-refractivity contribution is 7.13. The Morgan fingerprint density at radius 2 is 2.12 bits per heavy atom. The van der Waals surface area contributed by atoms with Crippen molar-refractivity contribution in [3.63, 3.8) is 0 Å². The third-order valence-corrected chi connectivity index (χ3v) is 4.10. The van der Waals surface area contributed by atoms with E-state index in [4.69, 9.17) is 4.42 Å². The molecule has 1 amide bonds. The lowest BCUT2D eigenvalue weighted by Crippen LogP contribution is -2.22. The third kappa shape index (κ3) is 3.65. The molecule has 0 aliphatic heterocycles. The van der Waals surface area contributed by atoms with Gasteiger partial charge in [0.15, 0.2) is 0 Å². The van der Waals surface area contributed by atoms with E-state index >= 15 is 0 Å². The average molecular weight is 352 g/mol. The molecule has 2 heterocycles. The number of carbonyl (C=O) groups is 1. The summed E-state index contributed by atoms with van der Waals surface area (Å²) in [4.78, 5) is 16.2. The molecule has 1 N–H and O–H groups in total. The van der Waals surface area contributed by atoms with Gasteiger partial charge >= 0.3 is 6.18 Å². The Labute approximate surface area is 139 Å². The zero-order valence-corrected chi connectivity index (χ0v) is 12.9. The van der Waals surface area contributed by atoms with E-state index in [2.05, 4.69) is 10.3 Å². The summed E-state index contributed by atoms with van der Waals surface area (Å²) in [5, 5.41) is 4.54. The molecule has 0 spiro atoms. The number of halogens is 3. The van der Waals surface area contributed by atoms with Crippen LogP contribution in [-0.4, -0.2) is 10.9 Å². The summed E-state index contributed by atoms with van der Waals surface area (Å²) in [6.07, 6.45) is -1.41. The summed E-state index contributed by atoms with van der Waals surface area (Å²) in [6, 6.07) is 6.58. The Morgan fingerprint density at radius 3 is 2.83 bits per heavy atom. The zero-order valence-electron chi connectivity index (χ0n) is 12.1. The van der Waals surface area contributed by atoms with Crippen molar-refractivity contribution in [2.24, 2.45) is 0 Å². The number of thiazole rings is 1. The maximum absolute atomic E-state index is 12.8. The fraction of sp³-hybridized carbons (Fsp3) is 0.125. The van der Waals surface area contributed by atoms with Crippen molar-refractivity contribution in [2.45, 2.75) is 12.7 Å². The van der Waals surface area contributed by atoms with Crippen LogP contribution in [0.2, 0.25) is 0 Å². The number of benzene rings is 1. The molecule has 0 aliphatic rings. The summed E-state index contributed by atoms with van der Waals surface area (Å²) < 4.78 is 43.2. The first-order valence-electron chi connectivity index (χ1n) is 6.86. The van der Waals surface area contributed by atoms with Crippen LogP contribution in [0.15, 0.2) is 52.7 Å². The van der Waals surface area contributed by atoms with Crippen LogP contribution in [0, 0.1) is 0 Å². The van der Waals surface area contributed by atoms with Crippen LogP contribution in [0.3, 0.4) is 0 Å². The largest absolute Gasteiger partial charge is 0.472 e. The first-order valence-corrected chi connectivity index (χ1v) is 7.74. The molecule has 0 saturated carbocycles. The minimum absolute atomic E-state index is 0.163. The van der Waals surface area contributed by atoms with E-state index in [1.807, 2.05) is 0 Å². The molecule has 0 atom stereocenters. The summed E-state index contributed by atoms with van der Waals surface area (Å²) in [7, 11) is 0. The Balaban J connectivity index is 1.74. The standard InChI is InChI=1S/C16H11F3N2O2S/c17-16(18,19)12-3-1-2-11(6-12)15-21-13(9-24-15)14(22)20-7-10-4-5-23-8-10/h1-6,8-9H,7H2,(H,20,22). The molecule has 2 aromatic heterocycles. The highest BCUT2D eigenvalue weighted by Gasteiger charge is 2.30. The lowest BCUT2D eigenvalue weighted by atomic mass is 10.1. The predicted octanol–water partition coefficient (Wildman–Crippen LogP) is 4.35. The number of alkyl halides is 3. The molecular formula is C16H11F3N2O2S. The van der Waals surface area contributed by atoms with Crippen LogP contribution < -0.4 is 5.32 Å². The van der Waals surface area contributed by atoms with Gasteiger partial charge in [0, 0.05) is 23.1 Å². The third-order valence-electron chi connectivity index (χ3n) is 3.21. The van der Waals surface area contributed by atoms with Crippen molar-refractivity contribution in [1.82, 2.24) is 10.3 Å². The normalized spacial score (nSPS) is 11.5. The minimum atomic E-state index is -4.42. The number of furan rings is 1. The van der Waals surface area contributed by atoms with Gasteiger partial charge in [-0.15, -0.1) is 11.3 Å². The Morgan fingerprint density at radius 1 is 1.29 bits per heavy atom. The first kappa shape index (κ1) is 16.3. The molecule has 0 saturated heterocycles. The maximum Gasteiger partial charge on any atom is 0.416 e. The van der Waals surface area contributed by atoms with Gasteiger partial charge in [-0.1, -0.05) is 12.1 Å². The number of carbonyl (C=O) groups excluding carboxylic acids is 1. The van der Waals surface area contributed by atoms with E-state index < -0.39 is 17.6 Å². The van der Waals surface area contributed by atoms with Crippen molar-refractivity contribution in [1.29, 1.82) is 0 Å². The lowest BCUT2D eigenvalue weighted by molar-refractivity contribution is -0.137. The van der Waals surface area contributed by atoms with Crippen molar-refractivity contribution >= 4 is 17.2 Å². The quantitative estimate of drug-likeness (QED) is 0.759. The van der Waals surface area contributed by atoms with Crippen LogP contribution in [0.1, 0.15) is 21.6 Å². The van der Waals surface area contributed by atoms with Crippen LogP contribution in [0.25, 0.3) is 10.6 Å². The van der Waals surface area contributed by atoms with Gasteiger partial charge in [-0.3, -0.25) is 4.79 Å². The van der Waals surface area contributed by atoms with E-state index in [1.54, 1.807) is 6.07 Å². The molecule has 3 aromatic rings. The number of aromatic nitrogens is 1. The molecular weight excluding hydrogens is 341 g/mol. The second-order valence-electron chi connectivity index (χ2n) is 4.93. The van der Waals surface area contributed by atoms with Crippen molar-refractivity contribution in [3.8, 4) is 10.6 Å². The van der Waals surface area contributed by atoms with Crippen LogP contribution in [0.5, 0.6) is 0 Å². The average Bonchev–Trinajstić information content (AvgIpc) is 3.23. The van der Waals surface area contributed by atoms with Gasteiger partial charge in [0.1, 0.15) is 10.7 Å². The van der Waals surface area contributed by atoms with E-state index in [0.717, 1.165) is 29.0 Å². The molecule has 0 bridgehead atoms. The Bertz CT molecular complexity index is 841. The van der Waals surface area contributed by atoms with Crippen molar-refractivity contribution in [3.05, 3.63) is 65.1 Å². The molecule has 124 valence electrons. The van der Waals surface area contributed by atoms with Crippen LogP contribution >= 0.6 is 11.3 Å². The van der Waals surface area contributed by atoms with Gasteiger partial charge in [-0.2, -0.15) is 13.2 Å². The van der Waals surface area contributed by atoms with Gasteiger partial charge in [-0.05, 0) is 18.2 Å². The first-order chi connectivity index (χ1) is 11.4. The molecule has 1 aromatic carbocycles. The molecule has 0 unspecified atom stereocenters. The Kier molecular flexibility index (Phi) is 4.39. The molecule has 4 nitrogen and oxygen atoms in total. The highest BCUT2D eigenvalue weighted by Crippen LogP contribution is 2.33. The van der Waals surface area contributed by atoms with Gasteiger partial charge < -0.3 is 9.73 Å². The number of nitrogens with zero attached hydrogens (tertiary/aromatic N) is 1. The second kappa shape index (κ2) is 6.48. The molecule has 24 heavy (non-hydrogen) atoms. The highest BCUT2D eigenvalue weighted by atomic mass is 32.1. The molecule has 0 radical (unpaired) electrons. The van der Waals surface area contributed by atoms with Crippen LogP contribution in [-0.2, 0) is 12.7 Å². The fourth-order valence-corrected chi connectivity index (χ4v) is 2.80. The van der Waals surface area contributed by atoms with Gasteiger partial charge in [0.2, 0.25) is 0 Å². The minimum Gasteiger partial charge on any atom is -0.472 e. The SMILES string of the molecule is O=C(NCc1ccoc1)c1csc(-c2cccc(C(F)(F)F)c2)n1. The molecule has 0 fully saturated rings. The monoisotopic (exact) mass is 352 g/mol. The van der Waals surface area contributed by atoms with E-state index in [9.17, 15) is 18.0 Å². The fourth-order valence-electron chi connectivity index (χ4n) is 2.01. The second-order valence-corrected chi connectivity index (χ2v) is 5.79. The summed E-state index contributed by atoms with van der Waals surface area (Å²) in [6.45, 7) is 0.283. The Hall–Kier alpha value is -2.61. The zero-order chi connectivity index (χ0) is 17.2. The molecule has 0 aliphatic carbocycles. The predicted molar refractivity (Wildman–Crippen MR) is 82.4 cm³/mol. The number of hydrogen-bond donors (Lipinski definition) is 1. The van der Waals surface area contributed by atoms with Crippen LogP contribution in [0.4, 0.5) is 13.2 Å². The molecule has 8 heteroatoms. The maximum atomic E-state index is 12.8. The van der Waals surface area contributed by atoms with Gasteiger partial charge in [0.05, 0.1) is 18.1 Å². The van der Waals surface area contributed by atoms with E-state index in [-0.39, 0.29) is 12.2 Å². The van der Waals surface area contributed by atoms with E-state index in [0.29, 0.717) is 10.6 Å². The summed E-state index contributed by atoms with van der Waals surface area (Å²) in [5.74, 6) is -0.398. The van der Waals surface area contributed by atoms with Crippen molar-refractivity contribution in [2.75, 3.05) is 0 Å². The van der Waals surface area contributed by atoms with Crippen molar-refractivity contribution < 1.29 is 22.4 Å². The topological polar surface area (TPSA) is 55.1 Å². The molecule has 3 rings (SSSR count). The number of hydrogen-bond acceptors (Lipinski definition) is 4. The number of amides is 1. The summed E-state index contributed by atoms with van der Waals surface area (Å²) in [5.41, 5.74) is 0.539. The number of nitrogens with one attached hydrogen (secondary N) is 1. The van der Waals surface area contributed by atoms with Gasteiger partial charge in [-0.25, -0.2) is 4.98 Å². The number of rotatable bonds is 4. The van der Waals surface area contributed by atoms with Gasteiger partial charge in [0.25, 0.3) is 5.91 Å².